The molecule has 82 valence electrons. The van der Waals surface area contributed by atoms with Gasteiger partial charge in [-0.25, -0.2) is 0 Å². The molecular weight excluding hydrogens is 182 g/mol. The summed E-state index contributed by atoms with van der Waals surface area (Å²) in [6.07, 6.45) is 18.9. The predicted molar refractivity (Wildman–Crippen MR) is 66.4 cm³/mol. The van der Waals surface area contributed by atoms with Gasteiger partial charge < -0.3 is 0 Å². The van der Waals surface area contributed by atoms with Gasteiger partial charge >= 0.3 is 0 Å². The molecule has 0 aromatic carbocycles. The van der Waals surface area contributed by atoms with E-state index in [9.17, 15) is 0 Å². The van der Waals surface area contributed by atoms with Crippen LogP contribution in [0, 0.1) is 11.3 Å². The molecule has 0 aromatic heterocycles. The lowest BCUT2D eigenvalue weighted by atomic mass is 10.2. The molecule has 0 fully saturated rings. The molecular formula is C14H21N. The molecule has 0 heterocycles. The van der Waals surface area contributed by atoms with Gasteiger partial charge in [-0.1, -0.05) is 49.8 Å². The van der Waals surface area contributed by atoms with Crippen molar-refractivity contribution < 1.29 is 0 Å². The van der Waals surface area contributed by atoms with Crippen LogP contribution in [0.25, 0.3) is 0 Å². The highest BCUT2D eigenvalue weighted by atomic mass is 14.2. The smallest absolute Gasteiger partial charge is 0.0625 e. The summed E-state index contributed by atoms with van der Waals surface area (Å²) in [5, 5.41) is 8.30. The number of rotatable bonds is 8. The van der Waals surface area contributed by atoms with Crippen LogP contribution in [0.2, 0.25) is 0 Å². The predicted octanol–water partition coefficient (Wildman–Crippen LogP) is 4.54. The van der Waals surface area contributed by atoms with Crippen LogP contribution in [0.4, 0.5) is 0 Å². The first-order valence-corrected chi connectivity index (χ1v) is 5.75. The van der Waals surface area contributed by atoms with Crippen LogP contribution in [-0.2, 0) is 0 Å². The Balaban J connectivity index is 3.31. The Kier molecular flexibility index (Phi) is 11.6. The van der Waals surface area contributed by atoms with Crippen LogP contribution in [0.5, 0.6) is 0 Å². The van der Waals surface area contributed by atoms with Gasteiger partial charge in [-0.15, -0.1) is 0 Å². The molecule has 0 amide bonds. The lowest BCUT2D eigenvalue weighted by Gasteiger charge is -1.86. The first kappa shape index (κ1) is 13.7. The maximum Gasteiger partial charge on any atom is 0.0625 e. The molecule has 0 unspecified atom stereocenters. The molecule has 0 aromatic rings. The van der Waals surface area contributed by atoms with E-state index in [0.29, 0.717) is 6.42 Å². The van der Waals surface area contributed by atoms with Gasteiger partial charge in [0.05, 0.1) is 6.07 Å². The molecule has 1 nitrogen and oxygen atoms in total. The zero-order valence-electron chi connectivity index (χ0n) is 9.65. The molecule has 0 saturated carbocycles. The molecule has 0 N–H and O–H groups in total. The number of hydrogen-bond donors (Lipinski definition) is 0. The summed E-state index contributed by atoms with van der Waals surface area (Å²) in [7, 11) is 0. The number of nitriles is 1. The van der Waals surface area contributed by atoms with Crippen LogP contribution in [-0.4, -0.2) is 0 Å². The summed E-state index contributed by atoms with van der Waals surface area (Å²) in [5.74, 6) is 0. The van der Waals surface area contributed by atoms with Gasteiger partial charge in [0.1, 0.15) is 0 Å². The summed E-state index contributed by atoms with van der Waals surface area (Å²) in [5.41, 5.74) is 0. The first-order chi connectivity index (χ1) is 7.41. The quantitative estimate of drug-likeness (QED) is 0.323. The lowest BCUT2D eigenvalue weighted by Crippen LogP contribution is -1.66. The third kappa shape index (κ3) is 12.7. The SMILES string of the molecule is CCC/C=C/CC/C=C/C=C/CCC#N. The van der Waals surface area contributed by atoms with E-state index in [1.165, 1.54) is 12.8 Å². The Morgan fingerprint density at radius 2 is 1.47 bits per heavy atom. The fraction of sp³-hybridized carbons (Fsp3) is 0.500. The minimum absolute atomic E-state index is 0.615. The molecule has 0 saturated heterocycles. The molecule has 0 aliphatic heterocycles. The van der Waals surface area contributed by atoms with Crippen molar-refractivity contribution in [1.29, 1.82) is 5.26 Å². The van der Waals surface area contributed by atoms with Crippen molar-refractivity contribution in [2.45, 2.75) is 45.4 Å². The highest BCUT2D eigenvalue weighted by Crippen LogP contribution is 1.97. The van der Waals surface area contributed by atoms with Gasteiger partial charge in [-0.05, 0) is 25.7 Å². The average Bonchev–Trinajstić information content (AvgIpc) is 2.26. The molecule has 0 aliphatic rings. The molecule has 15 heavy (non-hydrogen) atoms. The molecule has 0 spiro atoms. The molecule has 0 radical (unpaired) electrons. The second-order valence-corrected chi connectivity index (χ2v) is 3.39. The van der Waals surface area contributed by atoms with Crippen molar-refractivity contribution in [3.05, 3.63) is 36.5 Å². The van der Waals surface area contributed by atoms with Crippen molar-refractivity contribution >= 4 is 0 Å². The monoisotopic (exact) mass is 203 g/mol. The minimum atomic E-state index is 0.615. The van der Waals surface area contributed by atoms with Gasteiger partial charge in [0.25, 0.3) is 0 Å². The topological polar surface area (TPSA) is 23.8 Å². The Morgan fingerprint density at radius 3 is 2.13 bits per heavy atom. The van der Waals surface area contributed by atoms with Crippen molar-refractivity contribution in [2.75, 3.05) is 0 Å². The van der Waals surface area contributed by atoms with Crippen LogP contribution in [0.15, 0.2) is 36.5 Å². The summed E-state index contributed by atoms with van der Waals surface area (Å²) in [6, 6.07) is 2.11. The summed E-state index contributed by atoms with van der Waals surface area (Å²) < 4.78 is 0. The molecule has 0 bridgehead atoms. The normalized spacial score (nSPS) is 11.7. The van der Waals surface area contributed by atoms with E-state index >= 15 is 0 Å². The van der Waals surface area contributed by atoms with E-state index in [2.05, 4.69) is 37.3 Å². The third-order valence-corrected chi connectivity index (χ3v) is 1.93. The Hall–Kier alpha value is -1.29. The Bertz CT molecular complexity index is 241. The number of hydrogen-bond acceptors (Lipinski definition) is 1. The van der Waals surface area contributed by atoms with Crippen LogP contribution in [0.3, 0.4) is 0 Å². The van der Waals surface area contributed by atoms with Crippen LogP contribution in [0.1, 0.15) is 45.4 Å². The fourth-order valence-electron chi connectivity index (χ4n) is 1.09. The van der Waals surface area contributed by atoms with E-state index in [4.69, 9.17) is 5.26 Å². The second-order valence-electron chi connectivity index (χ2n) is 3.39. The zero-order valence-corrected chi connectivity index (χ0v) is 9.65. The van der Waals surface area contributed by atoms with Gasteiger partial charge in [0, 0.05) is 6.42 Å². The zero-order chi connectivity index (χ0) is 11.2. The van der Waals surface area contributed by atoms with Crippen molar-refractivity contribution in [2.24, 2.45) is 0 Å². The summed E-state index contributed by atoms with van der Waals surface area (Å²) >= 11 is 0. The number of unbranched alkanes of at least 4 members (excludes halogenated alkanes) is 3. The minimum Gasteiger partial charge on any atom is -0.198 e. The van der Waals surface area contributed by atoms with E-state index < -0.39 is 0 Å². The molecule has 0 aliphatic carbocycles. The van der Waals surface area contributed by atoms with E-state index in [1.54, 1.807) is 0 Å². The third-order valence-electron chi connectivity index (χ3n) is 1.93. The highest BCUT2D eigenvalue weighted by molar-refractivity contribution is 5.03. The number of nitrogens with zero attached hydrogens (tertiary/aromatic N) is 1. The van der Waals surface area contributed by atoms with Crippen LogP contribution < -0.4 is 0 Å². The Labute approximate surface area is 93.8 Å². The second kappa shape index (κ2) is 12.7. The van der Waals surface area contributed by atoms with E-state index in [0.717, 1.165) is 19.3 Å². The average molecular weight is 203 g/mol. The maximum atomic E-state index is 8.30. The lowest BCUT2D eigenvalue weighted by molar-refractivity contribution is 0.943. The number of allylic oxidation sites excluding steroid dienone is 6. The van der Waals surface area contributed by atoms with Gasteiger partial charge in [0.15, 0.2) is 0 Å². The van der Waals surface area contributed by atoms with Crippen molar-refractivity contribution in [3.63, 3.8) is 0 Å². The molecule has 0 atom stereocenters. The van der Waals surface area contributed by atoms with Crippen LogP contribution >= 0.6 is 0 Å². The maximum absolute atomic E-state index is 8.30. The molecule has 0 rings (SSSR count). The van der Waals surface area contributed by atoms with Gasteiger partial charge in [-0.3, -0.25) is 0 Å². The van der Waals surface area contributed by atoms with E-state index in [1.807, 2.05) is 12.2 Å². The standard InChI is InChI=1S/C14H21N/c1-2-3-4-5-6-7-8-9-10-11-12-13-14-15/h4-5,8-11H,2-3,6-7,12-13H2,1H3/b5-4+,9-8+,11-10+. The van der Waals surface area contributed by atoms with Gasteiger partial charge in [0.2, 0.25) is 0 Å². The summed E-state index contributed by atoms with van der Waals surface area (Å²) in [6.45, 7) is 2.19. The largest absolute Gasteiger partial charge is 0.198 e. The summed E-state index contributed by atoms with van der Waals surface area (Å²) in [4.78, 5) is 0. The first-order valence-electron chi connectivity index (χ1n) is 5.75. The van der Waals surface area contributed by atoms with Gasteiger partial charge in [-0.2, -0.15) is 5.26 Å². The fourth-order valence-corrected chi connectivity index (χ4v) is 1.09. The van der Waals surface area contributed by atoms with Crippen molar-refractivity contribution in [1.82, 2.24) is 0 Å². The van der Waals surface area contributed by atoms with Crippen molar-refractivity contribution in [3.8, 4) is 6.07 Å². The molecule has 1 heteroatoms. The Morgan fingerprint density at radius 1 is 0.867 bits per heavy atom. The highest BCUT2D eigenvalue weighted by Gasteiger charge is 1.77. The van der Waals surface area contributed by atoms with E-state index in [-0.39, 0.29) is 0 Å².